The lowest BCUT2D eigenvalue weighted by Crippen LogP contribution is -2.40. The second-order valence-electron chi connectivity index (χ2n) is 8.23. The summed E-state index contributed by atoms with van der Waals surface area (Å²) in [5.41, 5.74) is 2.45. The van der Waals surface area contributed by atoms with E-state index in [9.17, 15) is 4.79 Å². The van der Waals surface area contributed by atoms with Crippen molar-refractivity contribution in [1.29, 1.82) is 0 Å². The van der Waals surface area contributed by atoms with Gasteiger partial charge in [0.25, 0.3) is 5.91 Å². The predicted molar refractivity (Wildman–Crippen MR) is 131 cm³/mol. The summed E-state index contributed by atoms with van der Waals surface area (Å²) in [6.45, 7) is 0.703. The van der Waals surface area contributed by atoms with Crippen molar-refractivity contribution in [3.63, 3.8) is 0 Å². The highest BCUT2D eigenvalue weighted by Gasteiger charge is 2.42. The van der Waals surface area contributed by atoms with Crippen LogP contribution in [0.15, 0.2) is 74.4 Å². The molecule has 1 aliphatic carbocycles. The summed E-state index contributed by atoms with van der Waals surface area (Å²) < 4.78 is 0. The Bertz CT molecular complexity index is 1030. The van der Waals surface area contributed by atoms with Crippen LogP contribution < -0.4 is 4.90 Å². The molecule has 2 fully saturated rings. The Morgan fingerprint density at radius 2 is 1.71 bits per heavy atom. The van der Waals surface area contributed by atoms with Crippen LogP contribution in [0.25, 0.3) is 0 Å². The van der Waals surface area contributed by atoms with E-state index in [1.54, 1.807) is 23.5 Å². The Balaban J connectivity index is 1.43. The van der Waals surface area contributed by atoms with E-state index in [-0.39, 0.29) is 11.9 Å². The molecule has 0 unspecified atom stereocenters. The molecule has 0 aromatic heterocycles. The first-order chi connectivity index (χ1) is 15.2. The van der Waals surface area contributed by atoms with E-state index in [1.807, 2.05) is 11.0 Å². The number of hydrogen-bond donors (Lipinski definition) is 0. The molecule has 5 rings (SSSR count). The third-order valence-corrected chi connectivity index (χ3v) is 8.62. The number of rotatable bonds is 4. The molecule has 2 aromatic carbocycles. The van der Waals surface area contributed by atoms with Gasteiger partial charge in [0.15, 0.2) is 5.17 Å². The van der Waals surface area contributed by atoms with Crippen LogP contribution in [-0.2, 0) is 11.2 Å². The van der Waals surface area contributed by atoms with E-state index in [4.69, 9.17) is 4.99 Å². The Hall–Kier alpha value is -2.18. The normalized spacial score (nSPS) is 23.1. The molecule has 3 aliphatic rings. The quantitative estimate of drug-likeness (QED) is 0.544. The summed E-state index contributed by atoms with van der Waals surface area (Å²) >= 11 is 3.27. The summed E-state index contributed by atoms with van der Waals surface area (Å²) in [7, 11) is 2.06. The van der Waals surface area contributed by atoms with E-state index in [2.05, 4.69) is 60.5 Å². The second-order valence-corrected chi connectivity index (χ2v) is 10.2. The minimum absolute atomic E-state index is 0.137. The van der Waals surface area contributed by atoms with Crippen molar-refractivity contribution in [3.8, 4) is 0 Å². The number of nitrogens with zero attached hydrogens (tertiary/aromatic N) is 3. The highest BCUT2D eigenvalue weighted by atomic mass is 32.2. The van der Waals surface area contributed by atoms with Crippen LogP contribution in [0.1, 0.15) is 37.7 Å². The molecule has 6 heteroatoms. The summed E-state index contributed by atoms with van der Waals surface area (Å²) in [5.74, 6) is 0.137. The number of hydrogen-bond acceptors (Lipinski definition) is 5. The summed E-state index contributed by atoms with van der Waals surface area (Å²) in [5, 5.41) is 1.92. The van der Waals surface area contributed by atoms with Gasteiger partial charge in [-0.3, -0.25) is 14.7 Å². The molecule has 1 saturated heterocycles. The van der Waals surface area contributed by atoms with Crippen LogP contribution >= 0.6 is 23.5 Å². The van der Waals surface area contributed by atoms with Gasteiger partial charge < -0.3 is 4.90 Å². The monoisotopic (exact) mass is 449 g/mol. The van der Waals surface area contributed by atoms with Gasteiger partial charge >= 0.3 is 0 Å². The molecule has 2 aromatic rings. The molecule has 1 saturated carbocycles. The largest absolute Gasteiger partial charge is 0.337 e. The lowest BCUT2D eigenvalue weighted by Gasteiger charge is -2.30. The highest BCUT2D eigenvalue weighted by Crippen LogP contribution is 2.50. The maximum atomic E-state index is 13.7. The van der Waals surface area contributed by atoms with E-state index in [0.717, 1.165) is 34.4 Å². The van der Waals surface area contributed by atoms with Gasteiger partial charge in [-0.05, 0) is 48.7 Å². The number of amides is 1. The van der Waals surface area contributed by atoms with E-state index in [1.165, 1.54) is 35.4 Å². The van der Waals surface area contributed by atoms with Crippen LogP contribution in [0, 0.1) is 0 Å². The smallest absolute Gasteiger partial charge is 0.269 e. The third kappa shape index (κ3) is 4.15. The number of thioether (sulfide) groups is 2. The fraction of sp³-hybridized carbons (Fsp3) is 0.360. The lowest BCUT2D eigenvalue weighted by molar-refractivity contribution is -0.124. The van der Waals surface area contributed by atoms with Gasteiger partial charge in [-0.2, -0.15) is 0 Å². The minimum Gasteiger partial charge on any atom is -0.337 e. The summed E-state index contributed by atoms with van der Waals surface area (Å²) in [4.78, 5) is 24.8. The summed E-state index contributed by atoms with van der Waals surface area (Å²) in [6.07, 6.45) is 6.72. The van der Waals surface area contributed by atoms with Crippen molar-refractivity contribution < 1.29 is 4.79 Å². The predicted octanol–water partition coefficient (Wildman–Crippen LogP) is 5.90. The Kier molecular flexibility index (Phi) is 6.10. The Labute approximate surface area is 192 Å². The van der Waals surface area contributed by atoms with Crippen molar-refractivity contribution in [2.75, 3.05) is 18.5 Å². The van der Waals surface area contributed by atoms with Crippen LogP contribution in [0.4, 0.5) is 5.69 Å². The fourth-order valence-electron chi connectivity index (χ4n) is 4.51. The van der Waals surface area contributed by atoms with Crippen LogP contribution in [0.5, 0.6) is 0 Å². The molecule has 0 spiro atoms. The SMILES string of the molecule is CN1/C(=C2/SC(=NCCc3ccccc3)N(C3CCCCC3)C2=O)Sc2ccccc21. The third-order valence-electron chi connectivity index (χ3n) is 6.17. The zero-order valence-corrected chi connectivity index (χ0v) is 19.4. The number of anilines is 1. The lowest BCUT2D eigenvalue weighted by atomic mass is 9.94. The zero-order valence-electron chi connectivity index (χ0n) is 17.8. The maximum absolute atomic E-state index is 13.7. The first-order valence-corrected chi connectivity index (χ1v) is 12.7. The average molecular weight is 450 g/mol. The Morgan fingerprint density at radius 3 is 2.48 bits per heavy atom. The van der Waals surface area contributed by atoms with Crippen molar-refractivity contribution in [3.05, 3.63) is 70.1 Å². The number of fused-ring (bicyclic) bond motifs is 1. The van der Waals surface area contributed by atoms with Crippen molar-refractivity contribution in [2.24, 2.45) is 4.99 Å². The molecule has 160 valence electrons. The minimum atomic E-state index is 0.137. The average Bonchev–Trinajstić information content (AvgIpc) is 3.32. The standard InChI is InChI=1S/C25H27N3OS2/c1-27-20-14-8-9-15-21(20)30-24(27)22-23(29)28(19-12-6-3-7-13-19)25(31-22)26-17-16-18-10-4-2-5-11-18/h2,4-5,8-11,14-15,19H,3,6-7,12-13,16-17H2,1H3/b24-22-,26-25?. The molecule has 0 N–H and O–H groups in total. The highest BCUT2D eigenvalue weighted by molar-refractivity contribution is 8.19. The number of aliphatic imine (C=N–C) groups is 1. The molecule has 31 heavy (non-hydrogen) atoms. The molecule has 0 atom stereocenters. The van der Waals surface area contributed by atoms with Crippen LogP contribution in [-0.4, -0.2) is 35.6 Å². The van der Waals surface area contributed by atoms with Crippen LogP contribution in [0.2, 0.25) is 0 Å². The first kappa shape index (κ1) is 20.7. The van der Waals surface area contributed by atoms with Gasteiger partial charge in [-0.15, -0.1) is 0 Å². The van der Waals surface area contributed by atoms with E-state index in [0.29, 0.717) is 6.54 Å². The number of carbonyl (C=O) groups excluding carboxylic acids is 1. The first-order valence-electron chi connectivity index (χ1n) is 11.1. The molecular weight excluding hydrogens is 422 g/mol. The van der Waals surface area contributed by atoms with Gasteiger partial charge in [0.1, 0.15) is 4.91 Å². The van der Waals surface area contributed by atoms with E-state index >= 15 is 0 Å². The topological polar surface area (TPSA) is 35.9 Å². The number of para-hydroxylation sites is 1. The number of amidine groups is 1. The molecule has 0 bridgehead atoms. The fourth-order valence-corrected chi connectivity index (χ4v) is 6.92. The number of carbonyl (C=O) groups is 1. The van der Waals surface area contributed by atoms with Crippen molar-refractivity contribution >= 4 is 40.3 Å². The number of benzene rings is 2. The molecule has 1 amide bonds. The van der Waals surface area contributed by atoms with Gasteiger partial charge in [0.05, 0.1) is 10.7 Å². The second kappa shape index (κ2) is 9.13. The Morgan fingerprint density at radius 1 is 0.968 bits per heavy atom. The molecule has 0 radical (unpaired) electrons. The molecule has 2 aliphatic heterocycles. The van der Waals surface area contributed by atoms with Crippen molar-refractivity contribution in [2.45, 2.75) is 49.5 Å². The maximum Gasteiger partial charge on any atom is 0.269 e. The van der Waals surface area contributed by atoms with Gasteiger partial charge in [-0.1, -0.05) is 73.5 Å². The van der Waals surface area contributed by atoms with Gasteiger partial charge in [0, 0.05) is 24.5 Å². The van der Waals surface area contributed by atoms with Crippen molar-refractivity contribution in [1.82, 2.24) is 4.90 Å². The zero-order chi connectivity index (χ0) is 21.2. The van der Waals surface area contributed by atoms with E-state index < -0.39 is 0 Å². The molecule has 4 nitrogen and oxygen atoms in total. The summed E-state index contributed by atoms with van der Waals surface area (Å²) in [6, 6.07) is 19.1. The molecule has 2 heterocycles. The van der Waals surface area contributed by atoms with Gasteiger partial charge in [0.2, 0.25) is 0 Å². The van der Waals surface area contributed by atoms with Crippen LogP contribution in [0.3, 0.4) is 0 Å². The molecular formula is C25H27N3OS2. The van der Waals surface area contributed by atoms with Gasteiger partial charge in [-0.25, -0.2) is 0 Å².